The largest absolute Gasteiger partial charge is 0.425 e. The van der Waals surface area contributed by atoms with E-state index in [1.54, 1.807) is 37.3 Å². The molecule has 0 radical (unpaired) electrons. The van der Waals surface area contributed by atoms with Gasteiger partial charge in [0.25, 0.3) is 0 Å². The Hall–Kier alpha value is -1.88. The zero-order chi connectivity index (χ0) is 12.9. The summed E-state index contributed by atoms with van der Waals surface area (Å²) >= 11 is 0. The van der Waals surface area contributed by atoms with Crippen molar-refractivity contribution < 1.29 is 14.3 Å². The Labute approximate surface area is 99.7 Å². The minimum atomic E-state index is -1.76. The molecule has 1 rings (SSSR count). The van der Waals surface area contributed by atoms with Crippen molar-refractivity contribution >= 4 is 11.9 Å². The molecular weight excluding hydrogens is 220 g/mol. The van der Waals surface area contributed by atoms with Crippen molar-refractivity contribution in [3.63, 3.8) is 0 Å². The molecule has 0 aromatic heterocycles. The number of benzene rings is 1. The number of hydrogen-bond acceptors (Lipinski definition) is 4. The molecule has 0 heterocycles. The highest BCUT2D eigenvalue weighted by Gasteiger charge is 2.41. The minimum absolute atomic E-state index is 0.161. The lowest BCUT2D eigenvalue weighted by atomic mass is 9.94. The van der Waals surface area contributed by atoms with E-state index in [-0.39, 0.29) is 6.42 Å². The molecule has 0 aliphatic carbocycles. The first kappa shape index (κ1) is 13.2. The summed E-state index contributed by atoms with van der Waals surface area (Å²) in [5.74, 6) is -1.36. The van der Waals surface area contributed by atoms with Crippen LogP contribution in [0, 0.1) is 0 Å². The van der Waals surface area contributed by atoms with Crippen LogP contribution in [0.2, 0.25) is 0 Å². The molecule has 1 amide bonds. The second-order valence-corrected chi connectivity index (χ2v) is 3.79. The number of ether oxygens (including phenoxy) is 1. The summed E-state index contributed by atoms with van der Waals surface area (Å²) in [5, 5.41) is 0. The highest BCUT2D eigenvalue weighted by molar-refractivity contribution is 6.07. The van der Waals surface area contributed by atoms with E-state index < -0.39 is 17.4 Å². The summed E-state index contributed by atoms with van der Waals surface area (Å²) in [6.45, 7) is 1.81. The summed E-state index contributed by atoms with van der Waals surface area (Å²) in [6, 6.07) is 8.42. The predicted molar refractivity (Wildman–Crippen MR) is 63.1 cm³/mol. The maximum absolute atomic E-state index is 11.8. The SMILES string of the molecule is CCC[C@](N)(C(N)=O)C(=O)Oc1ccccc1. The van der Waals surface area contributed by atoms with Gasteiger partial charge in [0.15, 0.2) is 5.54 Å². The van der Waals surface area contributed by atoms with E-state index in [2.05, 4.69) is 0 Å². The van der Waals surface area contributed by atoms with E-state index in [1.807, 2.05) is 0 Å². The highest BCUT2D eigenvalue weighted by atomic mass is 16.5. The van der Waals surface area contributed by atoms with Crippen LogP contribution >= 0.6 is 0 Å². The number of para-hydroxylation sites is 1. The minimum Gasteiger partial charge on any atom is -0.425 e. The second kappa shape index (κ2) is 5.45. The first-order valence-electron chi connectivity index (χ1n) is 5.37. The van der Waals surface area contributed by atoms with Crippen molar-refractivity contribution in [2.75, 3.05) is 0 Å². The van der Waals surface area contributed by atoms with Gasteiger partial charge in [-0.15, -0.1) is 0 Å². The summed E-state index contributed by atoms with van der Waals surface area (Å²) < 4.78 is 5.03. The second-order valence-electron chi connectivity index (χ2n) is 3.79. The van der Waals surface area contributed by atoms with E-state index in [0.29, 0.717) is 12.2 Å². The molecule has 1 atom stereocenters. The molecule has 0 fully saturated rings. The van der Waals surface area contributed by atoms with Gasteiger partial charge in [0.1, 0.15) is 5.75 Å². The number of amides is 1. The van der Waals surface area contributed by atoms with E-state index in [0.717, 1.165) is 0 Å². The molecule has 17 heavy (non-hydrogen) atoms. The molecule has 4 N–H and O–H groups in total. The zero-order valence-electron chi connectivity index (χ0n) is 9.68. The maximum atomic E-state index is 11.8. The van der Waals surface area contributed by atoms with Crippen LogP contribution in [0.4, 0.5) is 0 Å². The van der Waals surface area contributed by atoms with E-state index in [4.69, 9.17) is 16.2 Å². The third-order valence-electron chi connectivity index (χ3n) is 2.40. The first-order chi connectivity index (χ1) is 8.00. The standard InChI is InChI=1S/C12H16N2O3/c1-2-8-12(14,10(13)15)11(16)17-9-6-4-3-5-7-9/h3-7H,2,8,14H2,1H3,(H2,13,15)/t12-/m0/s1. The number of esters is 1. The van der Waals surface area contributed by atoms with Gasteiger partial charge in [0.05, 0.1) is 0 Å². The van der Waals surface area contributed by atoms with Crippen molar-refractivity contribution in [3.05, 3.63) is 30.3 Å². The number of carbonyl (C=O) groups is 2. The van der Waals surface area contributed by atoms with Gasteiger partial charge in [-0.3, -0.25) is 4.79 Å². The molecule has 0 bridgehead atoms. The van der Waals surface area contributed by atoms with Crippen LogP contribution in [0.15, 0.2) is 30.3 Å². The molecule has 0 aliphatic heterocycles. The van der Waals surface area contributed by atoms with Gasteiger partial charge in [-0.25, -0.2) is 4.79 Å². The van der Waals surface area contributed by atoms with Crippen LogP contribution in [0.1, 0.15) is 19.8 Å². The lowest BCUT2D eigenvalue weighted by molar-refractivity contribution is -0.146. The van der Waals surface area contributed by atoms with E-state index >= 15 is 0 Å². The van der Waals surface area contributed by atoms with Crippen LogP contribution in [0.25, 0.3) is 0 Å². The van der Waals surface area contributed by atoms with Gasteiger partial charge in [0.2, 0.25) is 5.91 Å². The van der Waals surface area contributed by atoms with Crippen LogP contribution in [-0.4, -0.2) is 17.4 Å². The van der Waals surface area contributed by atoms with Gasteiger partial charge >= 0.3 is 5.97 Å². The molecule has 0 aliphatic rings. The molecule has 5 heteroatoms. The Morgan fingerprint density at radius 1 is 1.29 bits per heavy atom. The van der Waals surface area contributed by atoms with Gasteiger partial charge in [0, 0.05) is 0 Å². The Morgan fingerprint density at radius 3 is 2.35 bits per heavy atom. The molecule has 5 nitrogen and oxygen atoms in total. The van der Waals surface area contributed by atoms with Crippen LogP contribution in [-0.2, 0) is 9.59 Å². The van der Waals surface area contributed by atoms with Crippen LogP contribution in [0.3, 0.4) is 0 Å². The molecule has 1 aromatic rings. The molecule has 1 aromatic carbocycles. The number of primary amides is 1. The van der Waals surface area contributed by atoms with Gasteiger partial charge in [-0.05, 0) is 18.6 Å². The fourth-order valence-corrected chi connectivity index (χ4v) is 1.41. The Morgan fingerprint density at radius 2 is 1.88 bits per heavy atom. The van der Waals surface area contributed by atoms with E-state index in [9.17, 15) is 9.59 Å². The lowest BCUT2D eigenvalue weighted by Gasteiger charge is -2.22. The van der Waals surface area contributed by atoms with Crippen molar-refractivity contribution in [2.45, 2.75) is 25.3 Å². The molecule has 0 unspecified atom stereocenters. The fourth-order valence-electron chi connectivity index (χ4n) is 1.41. The average molecular weight is 236 g/mol. The molecular formula is C12H16N2O3. The average Bonchev–Trinajstić information content (AvgIpc) is 2.30. The summed E-state index contributed by atoms with van der Waals surface area (Å²) in [6.07, 6.45) is 0.720. The van der Waals surface area contributed by atoms with E-state index in [1.165, 1.54) is 0 Å². The van der Waals surface area contributed by atoms with Gasteiger partial charge < -0.3 is 16.2 Å². The first-order valence-corrected chi connectivity index (χ1v) is 5.37. The van der Waals surface area contributed by atoms with Crippen molar-refractivity contribution in [2.24, 2.45) is 11.5 Å². The van der Waals surface area contributed by atoms with Gasteiger partial charge in [-0.2, -0.15) is 0 Å². The quantitative estimate of drug-likeness (QED) is 0.444. The normalized spacial score (nSPS) is 13.8. The summed E-state index contributed by atoms with van der Waals surface area (Å²) in [5.41, 5.74) is 9.08. The fraction of sp³-hybridized carbons (Fsp3) is 0.333. The molecule has 92 valence electrons. The summed E-state index contributed by atoms with van der Waals surface area (Å²) in [4.78, 5) is 23.1. The molecule has 0 spiro atoms. The third kappa shape index (κ3) is 3.04. The van der Waals surface area contributed by atoms with Crippen LogP contribution in [0.5, 0.6) is 5.75 Å². The number of rotatable bonds is 5. The van der Waals surface area contributed by atoms with Crippen molar-refractivity contribution in [1.82, 2.24) is 0 Å². The van der Waals surface area contributed by atoms with Crippen molar-refractivity contribution in [1.29, 1.82) is 0 Å². The lowest BCUT2D eigenvalue weighted by Crippen LogP contribution is -2.59. The monoisotopic (exact) mass is 236 g/mol. The molecule has 0 saturated heterocycles. The number of carbonyl (C=O) groups excluding carboxylic acids is 2. The number of nitrogens with two attached hydrogens (primary N) is 2. The molecule has 0 saturated carbocycles. The Bertz CT molecular complexity index is 405. The highest BCUT2D eigenvalue weighted by Crippen LogP contribution is 2.15. The zero-order valence-corrected chi connectivity index (χ0v) is 9.68. The maximum Gasteiger partial charge on any atom is 0.341 e. The number of hydrogen-bond donors (Lipinski definition) is 2. The third-order valence-corrected chi connectivity index (χ3v) is 2.40. The van der Waals surface area contributed by atoms with Crippen molar-refractivity contribution in [3.8, 4) is 5.75 Å². The Balaban J connectivity index is 2.83. The predicted octanol–water partition coefficient (Wildman–Crippen LogP) is 0.575. The topological polar surface area (TPSA) is 95.4 Å². The Kier molecular flexibility index (Phi) is 4.23. The summed E-state index contributed by atoms with van der Waals surface area (Å²) in [7, 11) is 0. The smallest absolute Gasteiger partial charge is 0.341 e. The van der Waals surface area contributed by atoms with Crippen LogP contribution < -0.4 is 16.2 Å². The van der Waals surface area contributed by atoms with Gasteiger partial charge in [-0.1, -0.05) is 31.5 Å².